The number of amides is 1. The quantitative estimate of drug-likeness (QED) is 0.805. The van der Waals surface area contributed by atoms with E-state index in [1.807, 2.05) is 31.2 Å². The second-order valence-corrected chi connectivity index (χ2v) is 5.58. The molecule has 1 aromatic carbocycles. The molecule has 0 spiro atoms. The largest absolute Gasteiger partial charge is 0.320 e. The molecule has 0 saturated carbocycles. The molecule has 1 N–H and O–H groups in total. The molecular formula is C17H18N4O. The van der Waals surface area contributed by atoms with Gasteiger partial charge < -0.3 is 5.32 Å². The maximum atomic E-state index is 12.5. The summed E-state index contributed by atoms with van der Waals surface area (Å²) in [7, 11) is 0. The van der Waals surface area contributed by atoms with Crippen LogP contribution in [0.4, 0.5) is 5.69 Å². The second kappa shape index (κ2) is 5.60. The minimum absolute atomic E-state index is 0.208. The van der Waals surface area contributed by atoms with Crippen molar-refractivity contribution in [2.75, 3.05) is 5.32 Å². The van der Waals surface area contributed by atoms with Gasteiger partial charge in [-0.15, -0.1) is 0 Å². The molecule has 0 aliphatic heterocycles. The Labute approximate surface area is 129 Å². The van der Waals surface area contributed by atoms with Gasteiger partial charge in [-0.05, 0) is 30.5 Å². The lowest BCUT2D eigenvalue weighted by Gasteiger charge is -2.13. The summed E-state index contributed by atoms with van der Waals surface area (Å²) in [6, 6.07) is 11.4. The summed E-state index contributed by atoms with van der Waals surface area (Å²) in [6.07, 6.45) is 1.67. The predicted octanol–water partition coefficient (Wildman–Crippen LogP) is 3.41. The first kappa shape index (κ1) is 14.3. The number of hydrogen-bond acceptors (Lipinski definition) is 3. The lowest BCUT2D eigenvalue weighted by atomic mass is 10.0. The van der Waals surface area contributed by atoms with Crippen LogP contribution in [0.3, 0.4) is 0 Å². The van der Waals surface area contributed by atoms with Crippen LogP contribution in [0.15, 0.2) is 42.6 Å². The molecule has 5 heteroatoms. The van der Waals surface area contributed by atoms with Crippen LogP contribution in [0, 0.1) is 6.92 Å². The smallest absolute Gasteiger partial charge is 0.274 e. The summed E-state index contributed by atoms with van der Waals surface area (Å²) in [5, 5.41) is 7.12. The third-order valence-electron chi connectivity index (χ3n) is 3.60. The Kier molecular flexibility index (Phi) is 3.63. The average molecular weight is 294 g/mol. The van der Waals surface area contributed by atoms with Gasteiger partial charge >= 0.3 is 0 Å². The van der Waals surface area contributed by atoms with Crippen molar-refractivity contribution < 1.29 is 4.79 Å². The fraction of sp³-hybridized carbons (Fsp3) is 0.235. The van der Waals surface area contributed by atoms with E-state index in [1.54, 1.807) is 22.8 Å². The van der Waals surface area contributed by atoms with Crippen molar-refractivity contribution in [3.8, 4) is 0 Å². The molecule has 22 heavy (non-hydrogen) atoms. The first-order valence-corrected chi connectivity index (χ1v) is 7.28. The number of benzene rings is 1. The minimum Gasteiger partial charge on any atom is -0.320 e. The zero-order valence-electron chi connectivity index (χ0n) is 12.9. The summed E-state index contributed by atoms with van der Waals surface area (Å²) in [5.74, 6) is 0.128. The molecule has 0 unspecified atom stereocenters. The summed E-state index contributed by atoms with van der Waals surface area (Å²) < 4.78 is 1.71. The summed E-state index contributed by atoms with van der Waals surface area (Å²) in [4.78, 5) is 16.9. The van der Waals surface area contributed by atoms with Crippen LogP contribution < -0.4 is 5.32 Å². The maximum absolute atomic E-state index is 12.5. The Bertz CT molecular complexity index is 836. The second-order valence-electron chi connectivity index (χ2n) is 5.58. The molecule has 0 fully saturated rings. The maximum Gasteiger partial charge on any atom is 0.274 e. The first-order valence-electron chi connectivity index (χ1n) is 7.28. The minimum atomic E-state index is -0.208. The van der Waals surface area contributed by atoms with Gasteiger partial charge in [0.05, 0.1) is 6.20 Å². The molecule has 112 valence electrons. The Balaban J connectivity index is 1.94. The highest BCUT2D eigenvalue weighted by atomic mass is 16.1. The fourth-order valence-electron chi connectivity index (χ4n) is 2.48. The molecule has 1 amide bonds. The highest BCUT2D eigenvalue weighted by molar-refractivity contribution is 6.03. The summed E-state index contributed by atoms with van der Waals surface area (Å²) >= 11 is 0. The number of nitrogens with one attached hydrogen (secondary N) is 1. The van der Waals surface area contributed by atoms with Gasteiger partial charge in [0.25, 0.3) is 5.91 Å². The Hall–Kier alpha value is -2.69. The summed E-state index contributed by atoms with van der Waals surface area (Å²) in [5.41, 5.74) is 3.87. The van der Waals surface area contributed by atoms with Gasteiger partial charge in [-0.1, -0.05) is 32.0 Å². The topological polar surface area (TPSA) is 59.3 Å². The van der Waals surface area contributed by atoms with E-state index in [0.29, 0.717) is 17.3 Å². The summed E-state index contributed by atoms with van der Waals surface area (Å²) in [6.45, 7) is 6.11. The molecule has 0 aliphatic rings. The van der Waals surface area contributed by atoms with E-state index in [0.717, 1.165) is 16.9 Å². The van der Waals surface area contributed by atoms with Crippen molar-refractivity contribution in [1.29, 1.82) is 0 Å². The number of carbonyl (C=O) groups excluding carboxylic acids is 1. The average Bonchev–Trinajstić information content (AvgIpc) is 2.96. The monoisotopic (exact) mass is 294 g/mol. The highest BCUT2D eigenvalue weighted by Gasteiger charge is 2.13. The zero-order valence-corrected chi connectivity index (χ0v) is 12.9. The molecule has 2 aromatic heterocycles. The number of aryl methyl sites for hydroxylation is 1. The van der Waals surface area contributed by atoms with E-state index in [2.05, 4.69) is 29.2 Å². The number of rotatable bonds is 3. The van der Waals surface area contributed by atoms with Crippen molar-refractivity contribution in [2.45, 2.75) is 26.7 Å². The first-order chi connectivity index (χ1) is 10.6. The van der Waals surface area contributed by atoms with Crippen LogP contribution in [-0.4, -0.2) is 20.5 Å². The Morgan fingerprint density at radius 2 is 2.00 bits per heavy atom. The zero-order chi connectivity index (χ0) is 15.7. The van der Waals surface area contributed by atoms with Gasteiger partial charge in [0.1, 0.15) is 5.69 Å². The molecule has 0 aliphatic carbocycles. The Morgan fingerprint density at radius 3 is 2.77 bits per heavy atom. The number of anilines is 1. The lowest BCUT2D eigenvalue weighted by molar-refractivity contribution is 0.102. The molecule has 0 atom stereocenters. The van der Waals surface area contributed by atoms with Crippen LogP contribution in [0.1, 0.15) is 41.5 Å². The molecule has 5 nitrogen and oxygen atoms in total. The predicted molar refractivity (Wildman–Crippen MR) is 86.2 cm³/mol. The van der Waals surface area contributed by atoms with Crippen LogP contribution in [0.2, 0.25) is 0 Å². The van der Waals surface area contributed by atoms with Crippen LogP contribution in [0.25, 0.3) is 5.65 Å². The normalized spacial score (nSPS) is 11.1. The van der Waals surface area contributed by atoms with Crippen molar-refractivity contribution in [3.63, 3.8) is 0 Å². The van der Waals surface area contributed by atoms with Crippen molar-refractivity contribution >= 4 is 17.2 Å². The van der Waals surface area contributed by atoms with E-state index in [9.17, 15) is 4.79 Å². The molecule has 3 rings (SSSR count). The van der Waals surface area contributed by atoms with Crippen LogP contribution in [-0.2, 0) is 0 Å². The van der Waals surface area contributed by atoms with Gasteiger partial charge in [0.15, 0.2) is 5.65 Å². The van der Waals surface area contributed by atoms with E-state index < -0.39 is 0 Å². The standard InChI is InChI=1S/C17H18N4O/c1-11(2)13-6-4-5-7-14(13)20-17(22)15-10-12(3)21-16(19-15)8-9-18-21/h4-11H,1-3H3,(H,20,22). The van der Waals surface area contributed by atoms with E-state index in [4.69, 9.17) is 0 Å². The fourth-order valence-corrected chi connectivity index (χ4v) is 2.48. The van der Waals surface area contributed by atoms with Crippen LogP contribution >= 0.6 is 0 Å². The number of fused-ring (bicyclic) bond motifs is 1. The molecule has 2 heterocycles. The van der Waals surface area contributed by atoms with Crippen molar-refractivity contribution in [1.82, 2.24) is 14.6 Å². The van der Waals surface area contributed by atoms with Gasteiger partial charge in [-0.25, -0.2) is 9.50 Å². The number of para-hydroxylation sites is 1. The molecule has 3 aromatic rings. The van der Waals surface area contributed by atoms with Gasteiger partial charge in [0.2, 0.25) is 0 Å². The third-order valence-corrected chi connectivity index (χ3v) is 3.60. The van der Waals surface area contributed by atoms with Gasteiger partial charge in [-0.3, -0.25) is 4.79 Å². The number of nitrogens with zero attached hydrogens (tertiary/aromatic N) is 3. The third kappa shape index (κ3) is 2.57. The number of hydrogen-bond donors (Lipinski definition) is 1. The van der Waals surface area contributed by atoms with E-state index >= 15 is 0 Å². The Morgan fingerprint density at radius 1 is 1.23 bits per heavy atom. The van der Waals surface area contributed by atoms with Crippen molar-refractivity contribution in [2.24, 2.45) is 0 Å². The lowest BCUT2D eigenvalue weighted by Crippen LogP contribution is -2.16. The van der Waals surface area contributed by atoms with Crippen molar-refractivity contribution in [3.05, 3.63) is 59.5 Å². The number of carbonyl (C=O) groups is 1. The van der Waals surface area contributed by atoms with E-state index in [-0.39, 0.29) is 5.91 Å². The highest BCUT2D eigenvalue weighted by Crippen LogP contribution is 2.24. The van der Waals surface area contributed by atoms with Crippen LogP contribution in [0.5, 0.6) is 0 Å². The van der Waals surface area contributed by atoms with Gasteiger partial charge in [-0.2, -0.15) is 5.10 Å². The number of aromatic nitrogens is 3. The van der Waals surface area contributed by atoms with E-state index in [1.165, 1.54) is 0 Å². The van der Waals surface area contributed by atoms with Gasteiger partial charge in [0, 0.05) is 17.4 Å². The molecular weight excluding hydrogens is 276 g/mol. The molecule has 0 bridgehead atoms. The SMILES string of the molecule is Cc1cc(C(=O)Nc2ccccc2C(C)C)nc2ccnn12. The molecule has 0 radical (unpaired) electrons. The molecule has 0 saturated heterocycles.